The average molecular weight is 556 g/mol. The molecule has 6 heteroatoms. The van der Waals surface area contributed by atoms with Gasteiger partial charge in [0.1, 0.15) is 0 Å². The zero-order valence-electron chi connectivity index (χ0n) is 18.1. The van der Waals surface area contributed by atoms with E-state index in [0.717, 1.165) is 14.7 Å². The van der Waals surface area contributed by atoms with Crippen LogP contribution < -0.4 is 0 Å². The van der Waals surface area contributed by atoms with Crippen molar-refractivity contribution in [3.05, 3.63) is 112 Å². The van der Waals surface area contributed by atoms with E-state index in [1.165, 1.54) is 20.8 Å². The molecule has 0 saturated carbocycles. The number of para-hydroxylation sites is 1. The minimum atomic E-state index is -3.69. The molecule has 0 unspecified atom stereocenters. The Morgan fingerprint density at radius 2 is 1.62 bits per heavy atom. The van der Waals surface area contributed by atoms with Crippen molar-refractivity contribution in [1.82, 2.24) is 8.87 Å². The molecule has 0 atom stereocenters. The number of hydrogen-bond acceptors (Lipinski definition) is 2. The second-order valence-electron chi connectivity index (χ2n) is 7.88. The molecule has 0 saturated heterocycles. The molecule has 3 aromatic carbocycles. The Balaban J connectivity index is 1.70. The Morgan fingerprint density at radius 1 is 0.969 bits per heavy atom. The molecule has 1 heterocycles. The number of rotatable bonds is 7. The van der Waals surface area contributed by atoms with Crippen molar-refractivity contribution in [3.8, 4) is 0 Å². The SMILES string of the molecule is Cc1ccc(S(=O)(=O)N(/C=C(\I)Cc2cn(C)c3ccccc23)Cc2ccccc2)cc1. The zero-order chi connectivity index (χ0) is 22.7. The third-order valence-electron chi connectivity index (χ3n) is 5.43. The molecule has 0 aliphatic heterocycles. The van der Waals surface area contributed by atoms with Crippen molar-refractivity contribution in [2.45, 2.75) is 24.8 Å². The highest BCUT2D eigenvalue weighted by atomic mass is 127. The predicted molar refractivity (Wildman–Crippen MR) is 139 cm³/mol. The number of hydrogen-bond donors (Lipinski definition) is 0. The van der Waals surface area contributed by atoms with Gasteiger partial charge in [-0.05, 0) is 58.8 Å². The number of allylic oxidation sites excluding steroid dienone is 1. The van der Waals surface area contributed by atoms with Gasteiger partial charge in [-0.2, -0.15) is 0 Å². The van der Waals surface area contributed by atoms with Gasteiger partial charge in [0.25, 0.3) is 10.0 Å². The molecule has 0 bridgehead atoms. The van der Waals surface area contributed by atoms with Crippen molar-refractivity contribution in [2.24, 2.45) is 7.05 Å². The van der Waals surface area contributed by atoms with Gasteiger partial charge >= 0.3 is 0 Å². The number of aryl methyl sites for hydroxylation is 2. The molecular weight excluding hydrogens is 531 g/mol. The smallest absolute Gasteiger partial charge is 0.264 e. The minimum Gasteiger partial charge on any atom is -0.350 e. The molecule has 0 aliphatic carbocycles. The second kappa shape index (κ2) is 9.50. The molecule has 0 amide bonds. The van der Waals surface area contributed by atoms with Crippen molar-refractivity contribution in [3.63, 3.8) is 0 Å². The van der Waals surface area contributed by atoms with E-state index in [-0.39, 0.29) is 6.54 Å². The van der Waals surface area contributed by atoms with Gasteiger partial charge in [0.15, 0.2) is 0 Å². The fourth-order valence-corrected chi connectivity index (χ4v) is 6.03. The van der Waals surface area contributed by atoms with Crippen LogP contribution in [0.15, 0.2) is 99.7 Å². The van der Waals surface area contributed by atoms with Gasteiger partial charge in [-0.1, -0.05) is 66.2 Å². The lowest BCUT2D eigenvalue weighted by Gasteiger charge is -2.22. The van der Waals surface area contributed by atoms with Gasteiger partial charge in [-0.15, -0.1) is 0 Å². The topological polar surface area (TPSA) is 42.3 Å². The molecule has 4 nitrogen and oxygen atoms in total. The van der Waals surface area contributed by atoms with Gasteiger partial charge in [-0.25, -0.2) is 8.42 Å². The lowest BCUT2D eigenvalue weighted by molar-refractivity contribution is 0.494. The van der Waals surface area contributed by atoms with E-state index in [0.29, 0.717) is 11.3 Å². The molecular formula is C26H25IN2O2S. The molecule has 0 aliphatic rings. The summed E-state index contributed by atoms with van der Waals surface area (Å²) in [5.41, 5.74) is 4.31. The van der Waals surface area contributed by atoms with Crippen LogP contribution in [0.2, 0.25) is 0 Å². The van der Waals surface area contributed by atoms with Gasteiger partial charge in [0, 0.05) is 40.3 Å². The fraction of sp³-hybridized carbons (Fsp3) is 0.154. The van der Waals surface area contributed by atoms with Gasteiger partial charge in [-0.3, -0.25) is 4.31 Å². The Bertz CT molecular complexity index is 1360. The van der Waals surface area contributed by atoms with E-state index in [1.807, 2.05) is 68.6 Å². The van der Waals surface area contributed by atoms with Crippen LogP contribution in [0.3, 0.4) is 0 Å². The summed E-state index contributed by atoms with van der Waals surface area (Å²) in [6, 6.07) is 25.0. The largest absolute Gasteiger partial charge is 0.350 e. The van der Waals surface area contributed by atoms with E-state index in [2.05, 4.69) is 45.5 Å². The second-order valence-corrected chi connectivity index (χ2v) is 11.2. The van der Waals surface area contributed by atoms with Gasteiger partial charge in [0.05, 0.1) is 11.4 Å². The number of aromatic nitrogens is 1. The quantitative estimate of drug-likeness (QED) is 0.255. The van der Waals surface area contributed by atoms with E-state index < -0.39 is 10.0 Å². The summed E-state index contributed by atoms with van der Waals surface area (Å²) < 4.78 is 31.6. The summed E-state index contributed by atoms with van der Waals surface area (Å²) in [7, 11) is -1.66. The Kier molecular flexibility index (Phi) is 6.71. The number of nitrogens with zero attached hydrogens (tertiary/aromatic N) is 2. The highest BCUT2D eigenvalue weighted by Gasteiger charge is 2.22. The third-order valence-corrected chi connectivity index (χ3v) is 7.81. The molecule has 164 valence electrons. The molecule has 0 radical (unpaired) electrons. The first-order valence-corrected chi connectivity index (χ1v) is 12.9. The van der Waals surface area contributed by atoms with Crippen LogP contribution in [0.1, 0.15) is 16.7 Å². The molecule has 1 aromatic heterocycles. The third kappa shape index (κ3) is 4.91. The van der Waals surface area contributed by atoms with E-state index >= 15 is 0 Å². The van der Waals surface area contributed by atoms with Crippen molar-refractivity contribution < 1.29 is 8.42 Å². The standard InChI is InChI=1S/C26H25IN2O2S/c1-20-12-14-24(15-13-20)32(30,31)29(17-21-8-4-3-5-9-21)19-23(27)16-22-18-28(2)26-11-7-6-10-25(22)26/h3-15,18-19H,16-17H2,1-2H3/b23-19-. The van der Waals surface area contributed by atoms with Gasteiger partial charge < -0.3 is 4.57 Å². The summed E-state index contributed by atoms with van der Waals surface area (Å²) in [6.45, 7) is 2.23. The van der Waals surface area contributed by atoms with Crippen LogP contribution in [0.25, 0.3) is 10.9 Å². The monoisotopic (exact) mass is 556 g/mol. The normalized spacial score (nSPS) is 12.3. The van der Waals surface area contributed by atoms with Crippen LogP contribution in [0.4, 0.5) is 0 Å². The number of halogens is 1. The fourth-order valence-electron chi connectivity index (χ4n) is 3.76. The number of sulfonamides is 1. The van der Waals surface area contributed by atoms with Crippen molar-refractivity contribution >= 4 is 43.5 Å². The van der Waals surface area contributed by atoms with Crippen LogP contribution in [-0.4, -0.2) is 17.3 Å². The lowest BCUT2D eigenvalue weighted by atomic mass is 10.1. The molecule has 4 aromatic rings. The van der Waals surface area contributed by atoms with E-state index in [1.54, 1.807) is 18.3 Å². The van der Waals surface area contributed by atoms with Crippen LogP contribution >= 0.6 is 22.6 Å². The molecule has 0 spiro atoms. The molecule has 4 rings (SSSR count). The van der Waals surface area contributed by atoms with Crippen LogP contribution in [0, 0.1) is 6.92 Å². The minimum absolute atomic E-state index is 0.277. The van der Waals surface area contributed by atoms with Crippen LogP contribution in [0.5, 0.6) is 0 Å². The Labute approximate surface area is 203 Å². The van der Waals surface area contributed by atoms with Crippen molar-refractivity contribution in [1.29, 1.82) is 0 Å². The zero-order valence-corrected chi connectivity index (χ0v) is 21.0. The summed E-state index contributed by atoms with van der Waals surface area (Å²) in [5.74, 6) is 0. The summed E-state index contributed by atoms with van der Waals surface area (Å²) in [5, 5.41) is 1.19. The Hall–Kier alpha value is -2.58. The number of fused-ring (bicyclic) bond motifs is 1. The average Bonchev–Trinajstić information content (AvgIpc) is 3.10. The Morgan fingerprint density at radius 3 is 2.34 bits per heavy atom. The maximum Gasteiger partial charge on any atom is 0.264 e. The summed E-state index contributed by atoms with van der Waals surface area (Å²) in [6.07, 6.45) is 4.55. The summed E-state index contributed by atoms with van der Waals surface area (Å²) >= 11 is 2.26. The van der Waals surface area contributed by atoms with E-state index in [9.17, 15) is 8.42 Å². The predicted octanol–water partition coefficient (Wildman–Crippen LogP) is 6.20. The summed E-state index contributed by atoms with van der Waals surface area (Å²) in [4.78, 5) is 0.296. The lowest BCUT2D eigenvalue weighted by Crippen LogP contribution is -2.26. The molecule has 0 N–H and O–H groups in total. The first-order valence-electron chi connectivity index (χ1n) is 10.4. The van der Waals surface area contributed by atoms with Gasteiger partial charge in [0.2, 0.25) is 0 Å². The highest BCUT2D eigenvalue weighted by Crippen LogP contribution is 2.27. The highest BCUT2D eigenvalue weighted by molar-refractivity contribution is 14.1. The van der Waals surface area contributed by atoms with Crippen molar-refractivity contribution in [2.75, 3.05) is 0 Å². The maximum absolute atomic E-state index is 13.5. The first kappa shape index (κ1) is 22.6. The van der Waals surface area contributed by atoms with Crippen LogP contribution in [-0.2, 0) is 30.0 Å². The molecule has 0 fully saturated rings. The molecule has 32 heavy (non-hydrogen) atoms. The maximum atomic E-state index is 13.5. The number of benzene rings is 3. The first-order chi connectivity index (χ1) is 15.3. The van der Waals surface area contributed by atoms with E-state index in [4.69, 9.17) is 0 Å².